The second-order valence-corrected chi connectivity index (χ2v) is 6.51. The smallest absolute Gasteiger partial charge is 0.322 e. The molecule has 6 nitrogen and oxygen atoms in total. The van der Waals surface area contributed by atoms with Crippen LogP contribution in [0.5, 0.6) is 0 Å². The van der Waals surface area contributed by atoms with Gasteiger partial charge in [-0.15, -0.1) is 0 Å². The predicted molar refractivity (Wildman–Crippen MR) is 67.4 cm³/mol. The van der Waals surface area contributed by atoms with Crippen molar-refractivity contribution in [2.45, 2.75) is 23.5 Å². The van der Waals surface area contributed by atoms with E-state index in [1.54, 1.807) is 6.07 Å². The molecular weight excluding hydrogens is 294 g/mol. The van der Waals surface area contributed by atoms with Gasteiger partial charge in [-0.3, -0.25) is 4.79 Å². The molecule has 0 spiro atoms. The summed E-state index contributed by atoms with van der Waals surface area (Å²) in [6.45, 7) is -0.246. The Labute approximate surface area is 115 Å². The third-order valence-corrected chi connectivity index (χ3v) is 5.32. The maximum atomic E-state index is 12.4. The largest absolute Gasteiger partial charge is 0.480 e. The summed E-state index contributed by atoms with van der Waals surface area (Å²) in [5, 5.41) is 18.5. The van der Waals surface area contributed by atoms with Gasteiger partial charge in [0.2, 0.25) is 10.0 Å². The minimum atomic E-state index is -4.04. The standard InChI is InChI=1S/C11H12ClNO5S/c12-8-3-1-2-4-10(8)19(17,18)13-6-7(14)5-9(13)11(15)16/h1-4,7,9,14H,5-6H2,(H,15,16)/t7-,9-/m1/s1. The number of benzene rings is 1. The summed E-state index contributed by atoms with van der Waals surface area (Å²) in [6.07, 6.45) is -1.11. The predicted octanol–water partition coefficient (Wildman–Crippen LogP) is 0.548. The second kappa shape index (κ2) is 5.09. The number of halogens is 1. The van der Waals surface area contributed by atoms with Crippen LogP contribution in [0.3, 0.4) is 0 Å². The van der Waals surface area contributed by atoms with Crippen LogP contribution in [0.15, 0.2) is 29.2 Å². The molecule has 0 amide bonds. The molecule has 1 fully saturated rings. The summed E-state index contributed by atoms with van der Waals surface area (Å²) in [5.41, 5.74) is 0. The van der Waals surface area contributed by atoms with Gasteiger partial charge in [0, 0.05) is 13.0 Å². The molecule has 19 heavy (non-hydrogen) atoms. The fourth-order valence-corrected chi connectivity index (χ4v) is 4.18. The zero-order valence-electron chi connectivity index (χ0n) is 9.73. The number of aliphatic hydroxyl groups is 1. The van der Waals surface area contributed by atoms with E-state index >= 15 is 0 Å². The van der Waals surface area contributed by atoms with Crippen LogP contribution in [0.2, 0.25) is 5.02 Å². The third kappa shape index (κ3) is 2.59. The fourth-order valence-electron chi connectivity index (χ4n) is 2.05. The van der Waals surface area contributed by atoms with E-state index < -0.39 is 28.1 Å². The van der Waals surface area contributed by atoms with Crippen LogP contribution in [-0.4, -0.2) is 47.6 Å². The highest BCUT2D eigenvalue weighted by atomic mass is 35.5. The van der Waals surface area contributed by atoms with Crippen molar-refractivity contribution in [3.05, 3.63) is 29.3 Å². The van der Waals surface area contributed by atoms with Gasteiger partial charge in [0.1, 0.15) is 10.9 Å². The number of nitrogens with zero attached hydrogens (tertiary/aromatic N) is 1. The molecule has 0 unspecified atom stereocenters. The highest BCUT2D eigenvalue weighted by Gasteiger charge is 2.44. The molecule has 1 aliphatic heterocycles. The van der Waals surface area contributed by atoms with Crippen molar-refractivity contribution < 1.29 is 23.4 Å². The summed E-state index contributed by atoms with van der Waals surface area (Å²) >= 11 is 5.84. The van der Waals surface area contributed by atoms with Crippen molar-refractivity contribution in [2.75, 3.05) is 6.54 Å². The van der Waals surface area contributed by atoms with E-state index in [1.165, 1.54) is 18.2 Å². The number of sulfonamides is 1. The Morgan fingerprint density at radius 2 is 2.00 bits per heavy atom. The fraction of sp³-hybridized carbons (Fsp3) is 0.364. The average Bonchev–Trinajstić information content (AvgIpc) is 2.72. The highest BCUT2D eigenvalue weighted by Crippen LogP contribution is 2.30. The Hall–Kier alpha value is -1.15. The van der Waals surface area contributed by atoms with E-state index in [1.807, 2.05) is 0 Å². The maximum absolute atomic E-state index is 12.4. The molecule has 104 valence electrons. The van der Waals surface area contributed by atoms with Crippen molar-refractivity contribution >= 4 is 27.6 Å². The van der Waals surface area contributed by atoms with E-state index in [0.717, 1.165) is 4.31 Å². The highest BCUT2D eigenvalue weighted by molar-refractivity contribution is 7.89. The number of carboxylic acid groups (broad SMARTS) is 1. The van der Waals surface area contributed by atoms with E-state index in [9.17, 15) is 18.3 Å². The number of aliphatic carboxylic acids is 1. The maximum Gasteiger partial charge on any atom is 0.322 e. The Kier molecular flexibility index (Phi) is 3.82. The molecule has 0 saturated carbocycles. The molecule has 1 saturated heterocycles. The van der Waals surface area contributed by atoms with Crippen LogP contribution in [0, 0.1) is 0 Å². The zero-order chi connectivity index (χ0) is 14.2. The van der Waals surface area contributed by atoms with Gasteiger partial charge in [-0.05, 0) is 12.1 Å². The number of rotatable bonds is 3. The molecule has 1 aromatic rings. The minimum Gasteiger partial charge on any atom is -0.480 e. The number of carbonyl (C=O) groups is 1. The quantitative estimate of drug-likeness (QED) is 0.850. The number of carboxylic acids is 1. The molecule has 0 bridgehead atoms. The Balaban J connectivity index is 2.45. The van der Waals surface area contributed by atoms with Gasteiger partial charge in [-0.25, -0.2) is 8.42 Å². The molecule has 8 heteroatoms. The van der Waals surface area contributed by atoms with Gasteiger partial charge in [0.15, 0.2) is 0 Å². The lowest BCUT2D eigenvalue weighted by molar-refractivity contribution is -0.140. The van der Waals surface area contributed by atoms with Crippen LogP contribution in [0.25, 0.3) is 0 Å². The minimum absolute atomic E-state index is 0.0213. The SMILES string of the molecule is O=C(O)[C@H]1C[C@@H](O)CN1S(=O)(=O)c1ccccc1Cl. The lowest BCUT2D eigenvalue weighted by atomic mass is 10.2. The molecule has 1 heterocycles. The lowest BCUT2D eigenvalue weighted by Gasteiger charge is -2.21. The first-order valence-electron chi connectivity index (χ1n) is 5.51. The number of aliphatic hydroxyl groups excluding tert-OH is 1. The first-order chi connectivity index (χ1) is 8.84. The number of hydrogen-bond donors (Lipinski definition) is 2. The Bertz CT molecular complexity index is 603. The van der Waals surface area contributed by atoms with Gasteiger partial charge in [0.25, 0.3) is 0 Å². The van der Waals surface area contributed by atoms with Crippen LogP contribution in [0.4, 0.5) is 0 Å². The summed E-state index contributed by atoms with van der Waals surface area (Å²) in [6, 6.07) is 4.53. The first kappa shape index (κ1) is 14.3. The van der Waals surface area contributed by atoms with Gasteiger partial charge in [0.05, 0.1) is 11.1 Å². The Morgan fingerprint density at radius 1 is 1.37 bits per heavy atom. The molecular formula is C11H12ClNO5S. The van der Waals surface area contributed by atoms with Gasteiger partial charge >= 0.3 is 5.97 Å². The van der Waals surface area contributed by atoms with Crippen molar-refractivity contribution in [1.29, 1.82) is 0 Å². The lowest BCUT2D eigenvalue weighted by Crippen LogP contribution is -2.40. The second-order valence-electron chi connectivity index (χ2n) is 4.25. The van der Waals surface area contributed by atoms with E-state index in [2.05, 4.69) is 0 Å². The molecule has 1 aromatic carbocycles. The van der Waals surface area contributed by atoms with Gasteiger partial charge in [-0.2, -0.15) is 4.31 Å². The normalized spacial score (nSPS) is 24.5. The van der Waals surface area contributed by atoms with E-state index in [0.29, 0.717) is 0 Å². The molecule has 2 rings (SSSR count). The van der Waals surface area contributed by atoms with Gasteiger partial charge < -0.3 is 10.2 Å². The topological polar surface area (TPSA) is 94.9 Å². The Morgan fingerprint density at radius 3 is 2.58 bits per heavy atom. The van der Waals surface area contributed by atoms with Crippen molar-refractivity contribution in [1.82, 2.24) is 4.31 Å². The molecule has 2 atom stereocenters. The number of hydrogen-bond acceptors (Lipinski definition) is 4. The van der Waals surface area contributed by atoms with Crippen molar-refractivity contribution in [3.8, 4) is 0 Å². The number of β-amino-alcohol motifs (C(OH)–C–C–N with tert-alkyl or cyclic N) is 1. The average molecular weight is 306 g/mol. The van der Waals surface area contributed by atoms with Crippen LogP contribution in [0.1, 0.15) is 6.42 Å². The molecule has 1 aliphatic rings. The van der Waals surface area contributed by atoms with E-state index in [-0.39, 0.29) is 22.9 Å². The first-order valence-corrected chi connectivity index (χ1v) is 7.33. The van der Waals surface area contributed by atoms with E-state index in [4.69, 9.17) is 16.7 Å². The third-order valence-electron chi connectivity index (χ3n) is 2.94. The van der Waals surface area contributed by atoms with Crippen LogP contribution < -0.4 is 0 Å². The van der Waals surface area contributed by atoms with Crippen LogP contribution in [-0.2, 0) is 14.8 Å². The van der Waals surface area contributed by atoms with Crippen molar-refractivity contribution in [3.63, 3.8) is 0 Å². The van der Waals surface area contributed by atoms with Gasteiger partial charge in [-0.1, -0.05) is 23.7 Å². The summed E-state index contributed by atoms with van der Waals surface area (Å²) in [4.78, 5) is 10.9. The summed E-state index contributed by atoms with van der Waals surface area (Å²) < 4.78 is 25.5. The molecule has 0 aliphatic carbocycles. The van der Waals surface area contributed by atoms with Crippen LogP contribution >= 0.6 is 11.6 Å². The van der Waals surface area contributed by atoms with Crippen molar-refractivity contribution in [2.24, 2.45) is 0 Å². The summed E-state index contributed by atoms with van der Waals surface area (Å²) in [7, 11) is -4.04. The molecule has 0 aromatic heterocycles. The zero-order valence-corrected chi connectivity index (χ0v) is 11.3. The molecule has 0 radical (unpaired) electrons. The summed E-state index contributed by atoms with van der Waals surface area (Å²) in [5.74, 6) is -1.29. The molecule has 2 N–H and O–H groups in total. The monoisotopic (exact) mass is 305 g/mol.